The third-order valence-electron chi connectivity index (χ3n) is 12.5. The van der Waals surface area contributed by atoms with Crippen molar-refractivity contribution in [3.8, 4) is 22.8 Å². The second-order valence-electron chi connectivity index (χ2n) is 16.2. The number of likely N-dealkylation sites (tertiary alicyclic amines) is 1. The maximum atomic E-state index is 13.1. The Labute approximate surface area is 331 Å². The summed E-state index contributed by atoms with van der Waals surface area (Å²) < 4.78 is 14.4. The third-order valence-corrected chi connectivity index (χ3v) is 12.5. The molecule has 1 saturated carbocycles. The quantitative estimate of drug-likeness (QED) is 0.103. The summed E-state index contributed by atoms with van der Waals surface area (Å²) in [5.74, 6) is 0.653. The number of ether oxygens (including phenoxy) is 2. The third kappa shape index (κ3) is 7.50. The second-order valence-corrected chi connectivity index (χ2v) is 16.2. The number of benzene rings is 2. The molecule has 12 nitrogen and oxygen atoms in total. The summed E-state index contributed by atoms with van der Waals surface area (Å²) in [6, 6.07) is 16.6. The minimum atomic E-state index is -0.972. The minimum Gasteiger partial charge on any atom is -0.494 e. The molecule has 3 aliphatic heterocycles. The highest BCUT2D eigenvalue weighted by Gasteiger charge is 2.44. The first-order chi connectivity index (χ1) is 27.8. The molecule has 1 atom stereocenters. The number of carbonyl (C=O) groups is 4. The zero-order valence-electron chi connectivity index (χ0n) is 32.3. The average molecular weight is 769 g/mol. The molecule has 1 aliphatic carbocycles. The summed E-state index contributed by atoms with van der Waals surface area (Å²) in [5, 5.41) is 4.60. The van der Waals surface area contributed by atoms with Crippen molar-refractivity contribution in [2.45, 2.75) is 76.4 Å². The fourth-order valence-electron chi connectivity index (χ4n) is 9.21. The van der Waals surface area contributed by atoms with Crippen LogP contribution in [0.3, 0.4) is 0 Å². The van der Waals surface area contributed by atoms with Gasteiger partial charge in [0.1, 0.15) is 17.9 Å². The van der Waals surface area contributed by atoms with Gasteiger partial charge in [-0.05, 0) is 105 Å². The number of nitrogens with zero attached hydrogens (tertiary/aromatic N) is 5. The van der Waals surface area contributed by atoms with Crippen LogP contribution in [0, 0.1) is 11.8 Å². The van der Waals surface area contributed by atoms with Gasteiger partial charge in [-0.2, -0.15) is 0 Å². The molecule has 2 saturated heterocycles. The van der Waals surface area contributed by atoms with Crippen molar-refractivity contribution in [3.05, 3.63) is 84.3 Å². The number of nitrogens with one attached hydrogen (secondary N) is 1. The molecule has 9 rings (SSSR count). The van der Waals surface area contributed by atoms with Crippen LogP contribution in [0.5, 0.6) is 11.6 Å². The van der Waals surface area contributed by atoms with Gasteiger partial charge in [-0.1, -0.05) is 31.4 Å². The van der Waals surface area contributed by atoms with Gasteiger partial charge >= 0.3 is 0 Å². The van der Waals surface area contributed by atoms with E-state index in [4.69, 9.17) is 9.47 Å². The number of rotatable bonds is 13. The largest absolute Gasteiger partial charge is 0.494 e. The Morgan fingerprint density at radius 1 is 0.789 bits per heavy atom. The van der Waals surface area contributed by atoms with Gasteiger partial charge < -0.3 is 18.9 Å². The maximum absolute atomic E-state index is 13.1. The molecule has 0 bridgehead atoms. The summed E-state index contributed by atoms with van der Waals surface area (Å²) in [6.45, 7) is 4.02. The zero-order valence-corrected chi connectivity index (χ0v) is 32.3. The number of fused-ring (bicyclic) bond motifs is 4. The number of hydrogen-bond acceptors (Lipinski definition) is 9. The van der Waals surface area contributed by atoms with Crippen LogP contribution in [0.25, 0.3) is 32.9 Å². The van der Waals surface area contributed by atoms with Crippen molar-refractivity contribution in [2.24, 2.45) is 18.9 Å². The fourth-order valence-corrected chi connectivity index (χ4v) is 9.21. The Balaban J connectivity index is 0.648. The van der Waals surface area contributed by atoms with E-state index in [-0.39, 0.29) is 30.1 Å². The molecule has 1 N–H and O–H groups in total. The number of carbonyl (C=O) groups excluding carboxylic acids is 4. The van der Waals surface area contributed by atoms with E-state index >= 15 is 0 Å². The Bertz CT molecular complexity index is 2340. The molecule has 5 aromatic rings. The average Bonchev–Trinajstić information content (AvgIpc) is 3.64. The first kappa shape index (κ1) is 37.0. The Kier molecular flexibility index (Phi) is 10.2. The van der Waals surface area contributed by atoms with Crippen LogP contribution in [0.1, 0.15) is 84.9 Å². The van der Waals surface area contributed by atoms with Gasteiger partial charge in [-0.3, -0.25) is 34.4 Å². The van der Waals surface area contributed by atoms with Crippen molar-refractivity contribution >= 4 is 45.4 Å². The highest BCUT2D eigenvalue weighted by molar-refractivity contribution is 6.23. The number of unbranched alkanes of at least 4 members (excludes halogenated alkanes) is 2. The second kappa shape index (κ2) is 15.7. The number of hydrogen-bond donors (Lipinski definition) is 1. The minimum absolute atomic E-state index is 0.0940. The Morgan fingerprint density at radius 3 is 2.42 bits per heavy atom. The van der Waals surface area contributed by atoms with Crippen LogP contribution in [0.15, 0.2) is 73.2 Å². The number of aryl methyl sites for hydroxylation is 1. The van der Waals surface area contributed by atoms with Crippen LogP contribution in [0.2, 0.25) is 0 Å². The maximum Gasteiger partial charge on any atom is 0.262 e. The standard InChI is InChI=1S/C45H48N6O6/c1-49-38-14-17-46-26-37(38)34-9-6-30(23-40(34)49)31-7-13-42(47-25-31)57-33-21-29(22-33)27-50-18-15-28(16-19-50)5-3-2-4-20-56-32-8-10-35-36(24-32)45(55)51(44(35)54)39-11-12-41(52)48-43(39)53/h6-10,13-14,17,23-26,28-29,33,39H,2-5,11-12,15-16,18-22,27H2,1H3,(H,48,52,53). The van der Waals surface area contributed by atoms with E-state index in [1.807, 2.05) is 24.7 Å². The van der Waals surface area contributed by atoms with Crippen LogP contribution >= 0.6 is 0 Å². The van der Waals surface area contributed by atoms with E-state index in [1.165, 1.54) is 60.6 Å². The summed E-state index contributed by atoms with van der Waals surface area (Å²) in [5.41, 5.74) is 5.07. The van der Waals surface area contributed by atoms with Crippen LogP contribution in [0.4, 0.5) is 0 Å². The molecular weight excluding hydrogens is 721 g/mol. The van der Waals surface area contributed by atoms with E-state index in [0.29, 0.717) is 24.2 Å². The molecule has 294 valence electrons. The van der Waals surface area contributed by atoms with Gasteiger partial charge in [-0.25, -0.2) is 4.98 Å². The van der Waals surface area contributed by atoms with Crippen molar-refractivity contribution in [1.29, 1.82) is 0 Å². The summed E-state index contributed by atoms with van der Waals surface area (Å²) in [6.07, 6.45) is 15.2. The molecular formula is C45H48N6O6. The van der Waals surface area contributed by atoms with Gasteiger partial charge in [0.25, 0.3) is 11.8 Å². The highest BCUT2D eigenvalue weighted by atomic mass is 16.5. The summed E-state index contributed by atoms with van der Waals surface area (Å²) >= 11 is 0. The first-order valence-electron chi connectivity index (χ1n) is 20.4. The summed E-state index contributed by atoms with van der Waals surface area (Å²) in [4.78, 5) is 62.5. The van der Waals surface area contributed by atoms with Crippen LogP contribution in [-0.4, -0.2) is 86.4 Å². The fraction of sp³-hybridized carbons (Fsp3) is 0.422. The predicted molar refractivity (Wildman–Crippen MR) is 215 cm³/mol. The van der Waals surface area contributed by atoms with Crippen molar-refractivity contribution in [3.63, 3.8) is 0 Å². The normalized spacial score (nSPS) is 21.6. The molecule has 4 aliphatic rings. The molecule has 0 radical (unpaired) electrons. The molecule has 3 aromatic heterocycles. The molecule has 2 aromatic carbocycles. The lowest BCUT2D eigenvalue weighted by atomic mass is 9.81. The number of pyridine rings is 2. The monoisotopic (exact) mass is 768 g/mol. The zero-order chi connectivity index (χ0) is 39.0. The van der Waals surface area contributed by atoms with Gasteiger partial charge in [0.2, 0.25) is 17.7 Å². The van der Waals surface area contributed by atoms with E-state index in [2.05, 4.69) is 62.1 Å². The van der Waals surface area contributed by atoms with Gasteiger partial charge in [-0.15, -0.1) is 0 Å². The summed E-state index contributed by atoms with van der Waals surface area (Å²) in [7, 11) is 2.10. The predicted octanol–water partition coefficient (Wildman–Crippen LogP) is 6.70. The molecule has 6 heterocycles. The van der Waals surface area contributed by atoms with Crippen LogP contribution < -0.4 is 14.8 Å². The lowest BCUT2D eigenvalue weighted by Gasteiger charge is -2.40. The SMILES string of the molecule is Cn1c2ccncc2c2ccc(-c3ccc(OC4CC(CN5CCC(CCCCCOc6ccc7c(c6)C(=O)N(C6CCC(=O)NC6=O)C7=O)CC5)C4)nc3)cc21. The van der Waals surface area contributed by atoms with Gasteiger partial charge in [0.15, 0.2) is 0 Å². The molecule has 57 heavy (non-hydrogen) atoms. The lowest BCUT2D eigenvalue weighted by Crippen LogP contribution is -2.54. The topological polar surface area (TPSA) is 136 Å². The van der Waals surface area contributed by atoms with E-state index in [0.717, 1.165) is 54.2 Å². The highest BCUT2D eigenvalue weighted by Crippen LogP contribution is 2.35. The smallest absolute Gasteiger partial charge is 0.262 e. The van der Waals surface area contributed by atoms with E-state index in [1.54, 1.807) is 18.2 Å². The Hall–Kier alpha value is -5.62. The van der Waals surface area contributed by atoms with Gasteiger partial charge in [0.05, 0.1) is 23.3 Å². The molecule has 3 fully saturated rings. The number of aromatic nitrogens is 3. The Morgan fingerprint density at radius 2 is 1.61 bits per heavy atom. The van der Waals surface area contributed by atoms with Crippen molar-refractivity contribution < 1.29 is 28.7 Å². The van der Waals surface area contributed by atoms with Crippen molar-refractivity contribution in [1.82, 2.24) is 29.7 Å². The van der Waals surface area contributed by atoms with Crippen LogP contribution in [-0.2, 0) is 16.6 Å². The van der Waals surface area contributed by atoms with E-state index in [9.17, 15) is 19.2 Å². The number of imide groups is 2. The molecule has 12 heteroatoms. The van der Waals surface area contributed by atoms with Gasteiger partial charge in [0, 0.05) is 66.5 Å². The molecule has 4 amide bonds. The van der Waals surface area contributed by atoms with E-state index < -0.39 is 29.7 Å². The lowest BCUT2D eigenvalue weighted by molar-refractivity contribution is -0.136. The molecule has 0 spiro atoms. The van der Waals surface area contributed by atoms with Crippen molar-refractivity contribution in [2.75, 3.05) is 26.2 Å². The molecule has 1 unspecified atom stereocenters. The number of amides is 4. The first-order valence-corrected chi connectivity index (χ1v) is 20.4. The number of piperidine rings is 2.